The van der Waals surface area contributed by atoms with Gasteiger partial charge in [-0.3, -0.25) is 0 Å². The van der Waals surface area contributed by atoms with Crippen molar-refractivity contribution in [3.05, 3.63) is 12.8 Å². The maximum Gasteiger partial charge on any atom is 0.117 e. The maximum absolute atomic E-state index is 12.6. The average molecular weight is 98.1 g/mol. The molecule has 2 aliphatic rings. The average Bonchev–Trinajstić information content (AvgIpc) is 1.67. The molecule has 2 unspecified atom stereocenters. The number of hydrogen-bond acceptors (Lipinski definition) is 0. The van der Waals surface area contributed by atoms with Crippen molar-refractivity contribution >= 4 is 0 Å². The molecule has 2 saturated carbocycles. The Morgan fingerprint density at radius 1 is 1.71 bits per heavy atom. The van der Waals surface area contributed by atoms with E-state index in [0.29, 0.717) is 12.3 Å². The normalized spacial score (nSPS) is 57.0. The predicted molar refractivity (Wildman–Crippen MR) is 25.2 cm³/mol. The summed E-state index contributed by atoms with van der Waals surface area (Å²) in [5.41, 5.74) is -0.819. The first-order valence-electron chi connectivity index (χ1n) is 2.68. The molecule has 0 aliphatic heterocycles. The van der Waals surface area contributed by atoms with Gasteiger partial charge < -0.3 is 0 Å². The summed E-state index contributed by atoms with van der Waals surface area (Å²) < 4.78 is 12.6. The van der Waals surface area contributed by atoms with Crippen LogP contribution in [0.5, 0.6) is 0 Å². The van der Waals surface area contributed by atoms with Crippen LogP contribution in [0.2, 0.25) is 0 Å². The van der Waals surface area contributed by atoms with Gasteiger partial charge in [-0.25, -0.2) is 4.39 Å². The molecule has 2 radical (unpaired) electrons. The summed E-state index contributed by atoms with van der Waals surface area (Å²) in [5.74, 6) is 0.312. The van der Waals surface area contributed by atoms with Gasteiger partial charge in [-0.05, 0) is 31.6 Å². The van der Waals surface area contributed by atoms with E-state index < -0.39 is 5.67 Å². The van der Waals surface area contributed by atoms with Crippen LogP contribution in [0.4, 0.5) is 4.39 Å². The molecule has 38 valence electrons. The Hall–Kier alpha value is -0.0700. The molecule has 1 heteroatoms. The van der Waals surface area contributed by atoms with Crippen LogP contribution in [-0.2, 0) is 0 Å². The molecule has 0 spiro atoms. The fraction of sp³-hybridized carbons (Fsp3) is 0.667. The first-order valence-corrected chi connectivity index (χ1v) is 2.68. The minimum Gasteiger partial charge on any atom is -0.243 e. The molecule has 0 aromatic heterocycles. The first-order chi connectivity index (χ1) is 3.31. The summed E-state index contributed by atoms with van der Waals surface area (Å²) in [4.78, 5) is 0. The minimum atomic E-state index is -0.819. The van der Waals surface area contributed by atoms with Gasteiger partial charge in [0.25, 0.3) is 0 Å². The Balaban J connectivity index is 2.12. The lowest BCUT2D eigenvalue weighted by molar-refractivity contribution is 0.00494. The summed E-state index contributed by atoms with van der Waals surface area (Å²) in [6.45, 7) is 0. The Bertz CT molecular complexity index is 90.4. The van der Waals surface area contributed by atoms with E-state index in [1.165, 1.54) is 0 Å². The fourth-order valence-electron chi connectivity index (χ4n) is 1.20. The van der Waals surface area contributed by atoms with Crippen LogP contribution in [0.25, 0.3) is 0 Å². The quantitative estimate of drug-likeness (QED) is 0.431. The van der Waals surface area contributed by atoms with Gasteiger partial charge in [0, 0.05) is 0 Å². The topological polar surface area (TPSA) is 0 Å². The molecular weight excluding hydrogens is 91.1 g/mol. The lowest BCUT2D eigenvalue weighted by Crippen LogP contribution is -2.52. The third-order valence-electron chi connectivity index (χ3n) is 2.04. The second kappa shape index (κ2) is 0.862. The highest BCUT2D eigenvalue weighted by atomic mass is 19.1. The molecule has 2 fully saturated rings. The Morgan fingerprint density at radius 2 is 2.43 bits per heavy atom. The van der Waals surface area contributed by atoms with Crippen molar-refractivity contribution in [2.75, 3.05) is 0 Å². The minimum absolute atomic E-state index is 0.312. The molecule has 2 rings (SSSR count). The molecule has 7 heavy (non-hydrogen) atoms. The molecule has 0 aromatic carbocycles. The van der Waals surface area contributed by atoms with Crippen LogP contribution in [0.1, 0.15) is 12.8 Å². The second-order valence-electron chi connectivity index (χ2n) is 2.41. The van der Waals surface area contributed by atoms with Crippen LogP contribution in [-0.4, -0.2) is 5.67 Å². The van der Waals surface area contributed by atoms with E-state index >= 15 is 0 Å². The van der Waals surface area contributed by atoms with E-state index in [1.54, 1.807) is 6.42 Å². The summed E-state index contributed by atoms with van der Waals surface area (Å²) >= 11 is 0. The zero-order chi connectivity index (χ0) is 4.91. The standard InChI is InChI=1S/C6H7F/c7-6-3-1-5(6)2-4-6/h1,4-5H,2-3H2. The largest absolute Gasteiger partial charge is 0.243 e. The van der Waals surface area contributed by atoms with Gasteiger partial charge in [0.1, 0.15) is 5.67 Å². The SMILES string of the molecule is FC12[CH]CC1[CH]C2. The Labute approximate surface area is 42.7 Å². The van der Waals surface area contributed by atoms with Crippen molar-refractivity contribution in [3.63, 3.8) is 0 Å². The summed E-state index contributed by atoms with van der Waals surface area (Å²) in [6, 6.07) is 0. The molecule has 0 amide bonds. The first kappa shape index (κ1) is 3.88. The van der Waals surface area contributed by atoms with Gasteiger partial charge in [0.2, 0.25) is 0 Å². The van der Waals surface area contributed by atoms with Crippen molar-refractivity contribution in [2.45, 2.75) is 18.5 Å². The van der Waals surface area contributed by atoms with Crippen molar-refractivity contribution in [3.8, 4) is 0 Å². The van der Waals surface area contributed by atoms with Crippen LogP contribution in [0.15, 0.2) is 0 Å². The van der Waals surface area contributed by atoms with Crippen LogP contribution in [0.3, 0.4) is 0 Å². The van der Waals surface area contributed by atoms with Crippen molar-refractivity contribution < 1.29 is 4.39 Å². The Morgan fingerprint density at radius 3 is 2.43 bits per heavy atom. The highest BCUT2D eigenvalue weighted by Crippen LogP contribution is 2.54. The molecule has 0 aromatic rings. The summed E-state index contributed by atoms with van der Waals surface area (Å²) in [6.07, 6.45) is 5.49. The van der Waals surface area contributed by atoms with E-state index in [4.69, 9.17) is 0 Å². The van der Waals surface area contributed by atoms with E-state index in [9.17, 15) is 4.39 Å². The van der Waals surface area contributed by atoms with Crippen molar-refractivity contribution in [2.24, 2.45) is 5.92 Å². The van der Waals surface area contributed by atoms with Crippen LogP contribution >= 0.6 is 0 Å². The highest BCUT2D eigenvalue weighted by molar-refractivity contribution is 5.24. The van der Waals surface area contributed by atoms with Crippen LogP contribution < -0.4 is 0 Å². The zero-order valence-electron chi connectivity index (χ0n) is 4.02. The second-order valence-corrected chi connectivity index (χ2v) is 2.41. The van der Waals surface area contributed by atoms with E-state index in [1.807, 2.05) is 0 Å². The Kier molecular flexibility index (Phi) is 0.477. The number of hydrogen-bond donors (Lipinski definition) is 0. The monoisotopic (exact) mass is 98.1 g/mol. The molecule has 0 N–H and O–H groups in total. The van der Waals surface area contributed by atoms with Crippen LogP contribution in [0, 0.1) is 18.8 Å². The molecule has 0 saturated heterocycles. The number of fused-ring (bicyclic) bond motifs is 1. The predicted octanol–water partition coefficient (Wildman–Crippen LogP) is 1.53. The molecular formula is C6H7F. The molecule has 0 heterocycles. The van der Waals surface area contributed by atoms with Gasteiger partial charge in [0.05, 0.1) is 0 Å². The van der Waals surface area contributed by atoms with Crippen molar-refractivity contribution in [1.82, 2.24) is 0 Å². The van der Waals surface area contributed by atoms with Gasteiger partial charge in [-0.15, -0.1) is 0 Å². The van der Waals surface area contributed by atoms with Gasteiger partial charge >= 0.3 is 0 Å². The fourth-order valence-corrected chi connectivity index (χ4v) is 1.20. The van der Waals surface area contributed by atoms with Gasteiger partial charge in [-0.1, -0.05) is 0 Å². The van der Waals surface area contributed by atoms with E-state index in [-0.39, 0.29) is 0 Å². The maximum atomic E-state index is 12.6. The van der Waals surface area contributed by atoms with E-state index in [2.05, 4.69) is 6.42 Å². The van der Waals surface area contributed by atoms with Gasteiger partial charge in [0.15, 0.2) is 0 Å². The van der Waals surface area contributed by atoms with Gasteiger partial charge in [-0.2, -0.15) is 0 Å². The summed E-state index contributed by atoms with van der Waals surface area (Å²) in [7, 11) is 0. The van der Waals surface area contributed by atoms with E-state index in [0.717, 1.165) is 6.42 Å². The summed E-state index contributed by atoms with van der Waals surface area (Å²) in [5, 5.41) is 0. The number of alkyl halides is 1. The lowest BCUT2D eigenvalue weighted by atomic mass is 9.57. The molecule has 2 aliphatic carbocycles. The van der Waals surface area contributed by atoms with Crippen molar-refractivity contribution in [1.29, 1.82) is 0 Å². The molecule has 2 atom stereocenters. The number of rotatable bonds is 0. The zero-order valence-corrected chi connectivity index (χ0v) is 4.02. The lowest BCUT2D eigenvalue weighted by Gasteiger charge is -2.51. The molecule has 0 bridgehead atoms. The molecule has 0 nitrogen and oxygen atoms in total. The number of halogens is 1. The third kappa shape index (κ3) is 0.285. The third-order valence-corrected chi connectivity index (χ3v) is 2.04. The highest BCUT2D eigenvalue weighted by Gasteiger charge is 2.54. The smallest absolute Gasteiger partial charge is 0.117 e.